The fraction of sp³-hybridized carbons (Fsp3) is 0.391. The van der Waals surface area contributed by atoms with Crippen LogP contribution in [0, 0.1) is 0 Å². The lowest BCUT2D eigenvalue weighted by molar-refractivity contribution is -0.123. The third kappa shape index (κ3) is 5.98. The van der Waals surface area contributed by atoms with E-state index < -0.39 is 0 Å². The van der Waals surface area contributed by atoms with Crippen molar-refractivity contribution in [1.82, 2.24) is 10.6 Å². The van der Waals surface area contributed by atoms with E-state index in [2.05, 4.69) is 15.5 Å². The Morgan fingerprint density at radius 3 is 2.38 bits per heavy atom. The molecule has 0 atom stereocenters. The Bertz CT molecular complexity index is 815. The molecule has 2 N–H and O–H groups in total. The molecule has 1 aliphatic heterocycles. The van der Waals surface area contributed by atoms with Crippen molar-refractivity contribution < 1.29 is 14.3 Å². The molecule has 1 saturated heterocycles. The standard InChI is InChI=1S/C23H29N3O3/c1-17(2)24-23(28)20-10-6-7-11-21(20)26-14-12-18(13-15-26)25-22(27)16-29-19-8-4-3-5-9-19/h3-11,17-18H,12-16H2,1-2H3,(H,24,28)(H,25,27). The van der Waals surface area contributed by atoms with E-state index in [1.165, 1.54) is 0 Å². The van der Waals surface area contributed by atoms with Gasteiger partial charge in [-0.3, -0.25) is 9.59 Å². The molecule has 1 heterocycles. The summed E-state index contributed by atoms with van der Waals surface area (Å²) in [6.45, 7) is 5.50. The van der Waals surface area contributed by atoms with E-state index in [4.69, 9.17) is 4.74 Å². The number of amides is 2. The number of ether oxygens (including phenoxy) is 1. The van der Waals surface area contributed by atoms with Gasteiger partial charge in [-0.25, -0.2) is 0 Å². The molecule has 154 valence electrons. The molecule has 29 heavy (non-hydrogen) atoms. The van der Waals surface area contributed by atoms with Crippen molar-refractivity contribution in [3.63, 3.8) is 0 Å². The number of nitrogens with zero attached hydrogens (tertiary/aromatic N) is 1. The second kappa shape index (κ2) is 9.96. The average molecular weight is 396 g/mol. The van der Waals surface area contributed by atoms with Crippen LogP contribution >= 0.6 is 0 Å². The van der Waals surface area contributed by atoms with Crippen LogP contribution in [0.2, 0.25) is 0 Å². The molecule has 0 saturated carbocycles. The molecule has 1 aliphatic rings. The van der Waals surface area contributed by atoms with Crippen LogP contribution in [0.25, 0.3) is 0 Å². The first-order valence-electron chi connectivity index (χ1n) is 10.1. The Morgan fingerprint density at radius 2 is 1.69 bits per heavy atom. The molecule has 6 nitrogen and oxygen atoms in total. The minimum Gasteiger partial charge on any atom is -0.484 e. The van der Waals surface area contributed by atoms with Gasteiger partial charge in [0.05, 0.1) is 5.56 Å². The largest absolute Gasteiger partial charge is 0.484 e. The SMILES string of the molecule is CC(C)NC(=O)c1ccccc1N1CCC(NC(=O)COc2ccccc2)CC1. The molecule has 1 fully saturated rings. The van der Waals surface area contributed by atoms with Gasteiger partial charge in [-0.05, 0) is 51.0 Å². The van der Waals surface area contributed by atoms with Crippen LogP contribution < -0.4 is 20.3 Å². The van der Waals surface area contributed by atoms with Gasteiger partial charge < -0.3 is 20.3 Å². The Morgan fingerprint density at radius 1 is 1.03 bits per heavy atom. The number of carbonyl (C=O) groups is 2. The van der Waals surface area contributed by atoms with Gasteiger partial charge in [0.25, 0.3) is 11.8 Å². The van der Waals surface area contributed by atoms with Gasteiger partial charge in [-0.15, -0.1) is 0 Å². The van der Waals surface area contributed by atoms with Crippen LogP contribution in [0.5, 0.6) is 5.75 Å². The minimum absolute atomic E-state index is 0.0163. The molecular weight excluding hydrogens is 366 g/mol. The zero-order chi connectivity index (χ0) is 20.6. The van der Waals surface area contributed by atoms with Crippen LogP contribution in [0.4, 0.5) is 5.69 Å². The summed E-state index contributed by atoms with van der Waals surface area (Å²) in [7, 11) is 0. The summed E-state index contributed by atoms with van der Waals surface area (Å²) < 4.78 is 5.51. The topological polar surface area (TPSA) is 70.7 Å². The lowest BCUT2D eigenvalue weighted by Crippen LogP contribution is -2.46. The molecule has 2 aromatic carbocycles. The van der Waals surface area contributed by atoms with Gasteiger partial charge in [0, 0.05) is 30.9 Å². The van der Waals surface area contributed by atoms with Crippen molar-refractivity contribution in [3.05, 3.63) is 60.2 Å². The third-order valence-corrected chi connectivity index (χ3v) is 4.88. The van der Waals surface area contributed by atoms with Crippen LogP contribution in [0.3, 0.4) is 0 Å². The van der Waals surface area contributed by atoms with E-state index in [1.54, 1.807) is 0 Å². The highest BCUT2D eigenvalue weighted by Crippen LogP contribution is 2.24. The zero-order valence-electron chi connectivity index (χ0n) is 17.1. The summed E-state index contributed by atoms with van der Waals surface area (Å²) in [5.74, 6) is 0.529. The smallest absolute Gasteiger partial charge is 0.258 e. The van der Waals surface area contributed by atoms with Gasteiger partial charge in [0.2, 0.25) is 0 Å². The fourth-order valence-electron chi connectivity index (χ4n) is 3.48. The number of para-hydroxylation sites is 2. The quantitative estimate of drug-likeness (QED) is 0.756. The summed E-state index contributed by atoms with van der Waals surface area (Å²) in [4.78, 5) is 26.9. The first-order chi connectivity index (χ1) is 14.0. The van der Waals surface area contributed by atoms with Crippen molar-refractivity contribution >= 4 is 17.5 Å². The Balaban J connectivity index is 1.50. The van der Waals surface area contributed by atoms with Gasteiger partial charge in [-0.1, -0.05) is 30.3 Å². The zero-order valence-corrected chi connectivity index (χ0v) is 17.1. The van der Waals surface area contributed by atoms with Gasteiger partial charge in [-0.2, -0.15) is 0 Å². The van der Waals surface area contributed by atoms with Crippen LogP contribution in [-0.4, -0.2) is 43.6 Å². The molecule has 0 radical (unpaired) electrons. The van der Waals surface area contributed by atoms with Gasteiger partial charge >= 0.3 is 0 Å². The molecular formula is C23H29N3O3. The maximum atomic E-state index is 12.5. The summed E-state index contributed by atoms with van der Waals surface area (Å²) in [5.41, 5.74) is 1.64. The van der Waals surface area contributed by atoms with Crippen molar-refractivity contribution in [2.45, 2.75) is 38.8 Å². The number of anilines is 1. The fourth-order valence-corrected chi connectivity index (χ4v) is 3.48. The summed E-state index contributed by atoms with van der Waals surface area (Å²) in [6, 6.07) is 17.2. The highest BCUT2D eigenvalue weighted by molar-refractivity contribution is 6.00. The maximum absolute atomic E-state index is 12.5. The Labute approximate surface area is 172 Å². The number of piperidine rings is 1. The molecule has 2 aromatic rings. The van der Waals surface area contributed by atoms with Crippen LogP contribution in [0.1, 0.15) is 37.0 Å². The molecule has 0 unspecified atom stereocenters. The van der Waals surface area contributed by atoms with Gasteiger partial charge in [0.15, 0.2) is 6.61 Å². The van der Waals surface area contributed by atoms with E-state index >= 15 is 0 Å². The average Bonchev–Trinajstić information content (AvgIpc) is 2.73. The maximum Gasteiger partial charge on any atom is 0.258 e. The van der Waals surface area contributed by atoms with E-state index in [-0.39, 0.29) is 30.5 Å². The van der Waals surface area contributed by atoms with E-state index in [1.807, 2.05) is 68.4 Å². The predicted octanol–water partition coefficient (Wildman–Crippen LogP) is 2.99. The van der Waals surface area contributed by atoms with Crippen LogP contribution in [0.15, 0.2) is 54.6 Å². The van der Waals surface area contributed by atoms with Crippen molar-refractivity contribution in [2.75, 3.05) is 24.6 Å². The third-order valence-electron chi connectivity index (χ3n) is 4.88. The molecule has 0 spiro atoms. The highest BCUT2D eigenvalue weighted by atomic mass is 16.5. The summed E-state index contributed by atoms with van der Waals surface area (Å²) in [5, 5.41) is 6.02. The molecule has 2 amide bonds. The van der Waals surface area contributed by atoms with Crippen molar-refractivity contribution in [2.24, 2.45) is 0 Å². The highest BCUT2D eigenvalue weighted by Gasteiger charge is 2.24. The van der Waals surface area contributed by atoms with E-state index in [9.17, 15) is 9.59 Å². The number of hydrogen-bond acceptors (Lipinski definition) is 4. The molecule has 0 aromatic heterocycles. The molecule has 0 aliphatic carbocycles. The van der Waals surface area contributed by atoms with Crippen molar-refractivity contribution in [1.29, 1.82) is 0 Å². The number of hydrogen-bond donors (Lipinski definition) is 2. The second-order valence-electron chi connectivity index (χ2n) is 7.58. The lowest BCUT2D eigenvalue weighted by Gasteiger charge is -2.35. The first kappa shape index (κ1) is 20.7. The first-order valence-corrected chi connectivity index (χ1v) is 10.1. The summed E-state index contributed by atoms with van der Waals surface area (Å²) in [6.07, 6.45) is 1.66. The Hall–Kier alpha value is -3.02. The normalized spacial score (nSPS) is 14.5. The van der Waals surface area contributed by atoms with Crippen LogP contribution in [-0.2, 0) is 4.79 Å². The molecule has 0 bridgehead atoms. The summed E-state index contributed by atoms with van der Waals surface area (Å²) >= 11 is 0. The van der Waals surface area contributed by atoms with Crippen molar-refractivity contribution in [3.8, 4) is 5.75 Å². The number of carbonyl (C=O) groups excluding carboxylic acids is 2. The molecule has 6 heteroatoms. The monoisotopic (exact) mass is 395 g/mol. The number of nitrogens with one attached hydrogen (secondary N) is 2. The number of rotatable bonds is 7. The molecule has 3 rings (SSSR count). The van der Waals surface area contributed by atoms with E-state index in [0.29, 0.717) is 11.3 Å². The van der Waals surface area contributed by atoms with Gasteiger partial charge in [0.1, 0.15) is 5.75 Å². The number of benzene rings is 2. The predicted molar refractivity (Wildman–Crippen MR) is 114 cm³/mol. The second-order valence-corrected chi connectivity index (χ2v) is 7.58. The van der Waals surface area contributed by atoms with E-state index in [0.717, 1.165) is 31.6 Å². The minimum atomic E-state index is -0.107. The Kier molecular flexibility index (Phi) is 7.11. The lowest BCUT2D eigenvalue weighted by atomic mass is 10.0.